The number of rotatable bonds is 5. The van der Waals surface area contributed by atoms with Gasteiger partial charge in [0, 0.05) is 36.8 Å². The van der Waals surface area contributed by atoms with Gasteiger partial charge in [0.25, 0.3) is 5.56 Å². The van der Waals surface area contributed by atoms with Crippen LogP contribution in [0.15, 0.2) is 52.4 Å². The van der Waals surface area contributed by atoms with Crippen LogP contribution in [-0.4, -0.2) is 27.7 Å². The van der Waals surface area contributed by atoms with Gasteiger partial charge in [-0.05, 0) is 18.6 Å². The molecule has 3 aromatic rings. The molecule has 0 spiro atoms. The van der Waals surface area contributed by atoms with Crippen LogP contribution in [0.25, 0.3) is 0 Å². The van der Waals surface area contributed by atoms with Crippen molar-refractivity contribution in [2.75, 3.05) is 12.4 Å². The molecule has 0 radical (unpaired) electrons. The molecular formula is C23H23N3O4S. The highest BCUT2D eigenvalue weighted by Crippen LogP contribution is 2.40. The molecule has 160 valence electrons. The molecule has 0 saturated heterocycles. The van der Waals surface area contributed by atoms with Crippen molar-refractivity contribution in [3.63, 3.8) is 0 Å². The number of thioether (sulfide) groups is 1. The lowest BCUT2D eigenvalue weighted by Crippen LogP contribution is -2.33. The van der Waals surface area contributed by atoms with E-state index in [9.17, 15) is 14.7 Å². The van der Waals surface area contributed by atoms with Crippen LogP contribution >= 0.6 is 11.8 Å². The maximum Gasteiger partial charge on any atom is 0.279 e. The van der Waals surface area contributed by atoms with Crippen molar-refractivity contribution in [3.05, 3.63) is 75.1 Å². The number of aromatic hydroxyl groups is 1. The Bertz CT molecular complexity index is 1220. The quantitative estimate of drug-likeness (QED) is 0.468. The Hall–Kier alpha value is -3.26. The molecular weight excluding hydrogens is 414 g/mol. The molecule has 2 aromatic carbocycles. The number of amides is 1. The normalized spacial score (nSPS) is 15.3. The number of nitrogens with zero attached hydrogens (tertiary/aromatic N) is 2. The summed E-state index contributed by atoms with van der Waals surface area (Å²) < 4.78 is 7.15. The summed E-state index contributed by atoms with van der Waals surface area (Å²) in [7, 11) is 3.28. The Morgan fingerprint density at radius 2 is 2.06 bits per heavy atom. The van der Waals surface area contributed by atoms with Crippen LogP contribution in [0.4, 0.5) is 5.82 Å². The molecule has 4 rings (SSSR count). The molecule has 2 heterocycles. The fraction of sp³-hybridized carbons (Fsp3) is 0.261. The van der Waals surface area contributed by atoms with Gasteiger partial charge < -0.3 is 19.7 Å². The minimum atomic E-state index is -0.513. The number of benzene rings is 2. The summed E-state index contributed by atoms with van der Waals surface area (Å²) in [5, 5.41) is 13.2. The van der Waals surface area contributed by atoms with Crippen molar-refractivity contribution >= 4 is 23.5 Å². The zero-order valence-electron chi connectivity index (χ0n) is 17.5. The van der Waals surface area contributed by atoms with Crippen molar-refractivity contribution in [2.45, 2.75) is 30.2 Å². The first-order valence-electron chi connectivity index (χ1n) is 9.83. The van der Waals surface area contributed by atoms with E-state index in [0.717, 1.165) is 5.56 Å². The van der Waals surface area contributed by atoms with E-state index in [0.29, 0.717) is 33.6 Å². The number of hydrogen-bond donors (Lipinski definition) is 2. The van der Waals surface area contributed by atoms with E-state index in [4.69, 9.17) is 4.74 Å². The fourth-order valence-electron chi connectivity index (χ4n) is 3.87. The molecule has 8 heteroatoms. The van der Waals surface area contributed by atoms with Gasteiger partial charge in [0.05, 0.1) is 12.7 Å². The van der Waals surface area contributed by atoms with Crippen molar-refractivity contribution in [1.82, 2.24) is 9.55 Å². The number of nitrogens with one attached hydrogen (secondary N) is 1. The standard InChI is InChI=1S/C23H23N3O4S/c1-13-5-4-6-14(9-13)12-31-23-25-22(29)20-17(11-19(28)24-21(20)26(23)2)16-8-7-15(27)10-18(16)30-3/h4-10,17,27H,11-12H2,1-3H3,(H,24,28)/t17-/m0/s1. The van der Waals surface area contributed by atoms with Gasteiger partial charge in [-0.1, -0.05) is 47.7 Å². The second kappa shape index (κ2) is 8.47. The number of phenolic OH excluding ortho intramolecular Hbond substituents is 1. The topological polar surface area (TPSA) is 93.4 Å². The molecule has 0 aliphatic carbocycles. The number of fused-ring (bicyclic) bond motifs is 1. The minimum absolute atomic E-state index is 0.0509. The van der Waals surface area contributed by atoms with Crippen molar-refractivity contribution in [1.29, 1.82) is 0 Å². The molecule has 1 atom stereocenters. The third kappa shape index (κ3) is 4.16. The summed E-state index contributed by atoms with van der Waals surface area (Å²) >= 11 is 1.45. The van der Waals surface area contributed by atoms with Crippen LogP contribution in [0.3, 0.4) is 0 Å². The predicted molar refractivity (Wildman–Crippen MR) is 120 cm³/mol. The minimum Gasteiger partial charge on any atom is -0.508 e. The van der Waals surface area contributed by atoms with Gasteiger partial charge in [-0.3, -0.25) is 9.59 Å². The van der Waals surface area contributed by atoms with Gasteiger partial charge in [-0.2, -0.15) is 4.98 Å². The van der Waals surface area contributed by atoms with E-state index in [-0.39, 0.29) is 23.6 Å². The number of carbonyl (C=O) groups excluding carboxylic acids is 1. The molecule has 1 amide bonds. The molecule has 0 saturated carbocycles. The summed E-state index contributed by atoms with van der Waals surface area (Å²) in [5.41, 5.74) is 3.01. The molecule has 1 aromatic heterocycles. The summed E-state index contributed by atoms with van der Waals surface area (Å²) in [6.07, 6.45) is 0.0981. The predicted octanol–water partition coefficient (Wildman–Crippen LogP) is 3.57. The number of phenols is 1. The van der Waals surface area contributed by atoms with Crippen LogP contribution in [-0.2, 0) is 17.6 Å². The fourth-order valence-corrected chi connectivity index (χ4v) is 4.78. The van der Waals surface area contributed by atoms with Crippen LogP contribution in [0, 0.1) is 6.92 Å². The molecule has 2 N–H and O–H groups in total. The number of methoxy groups -OCH3 is 1. The van der Waals surface area contributed by atoms with Crippen LogP contribution in [0.2, 0.25) is 0 Å². The van der Waals surface area contributed by atoms with E-state index in [1.165, 1.54) is 36.6 Å². The SMILES string of the molecule is COc1cc(O)ccc1[C@@H]1CC(=O)Nc2c1c(=O)nc(SCc1cccc(C)c1)n2C. The Morgan fingerprint density at radius 3 is 2.81 bits per heavy atom. The number of anilines is 1. The number of aromatic nitrogens is 2. The first-order valence-corrected chi connectivity index (χ1v) is 10.8. The second-order valence-electron chi connectivity index (χ2n) is 7.53. The van der Waals surface area contributed by atoms with Gasteiger partial charge in [0.1, 0.15) is 17.3 Å². The summed E-state index contributed by atoms with van der Waals surface area (Å²) in [6, 6.07) is 12.8. The highest BCUT2D eigenvalue weighted by Gasteiger charge is 2.33. The van der Waals surface area contributed by atoms with E-state index in [2.05, 4.69) is 16.4 Å². The highest BCUT2D eigenvalue weighted by molar-refractivity contribution is 7.98. The zero-order valence-corrected chi connectivity index (χ0v) is 18.3. The van der Waals surface area contributed by atoms with E-state index < -0.39 is 5.92 Å². The number of carbonyl (C=O) groups is 1. The van der Waals surface area contributed by atoms with Crippen molar-refractivity contribution < 1.29 is 14.6 Å². The molecule has 0 bridgehead atoms. The Morgan fingerprint density at radius 1 is 1.26 bits per heavy atom. The van der Waals surface area contributed by atoms with Crippen LogP contribution in [0.1, 0.15) is 34.6 Å². The molecule has 0 fully saturated rings. The number of hydrogen-bond acceptors (Lipinski definition) is 6. The Kier molecular flexibility index (Phi) is 5.73. The van der Waals surface area contributed by atoms with E-state index in [1.54, 1.807) is 17.7 Å². The molecule has 0 unspecified atom stereocenters. The molecule has 1 aliphatic rings. The molecule has 7 nitrogen and oxygen atoms in total. The molecule has 31 heavy (non-hydrogen) atoms. The Balaban J connectivity index is 1.75. The zero-order chi connectivity index (χ0) is 22.1. The van der Waals surface area contributed by atoms with Crippen molar-refractivity contribution in [3.8, 4) is 11.5 Å². The lowest BCUT2D eigenvalue weighted by atomic mass is 9.86. The van der Waals surface area contributed by atoms with Gasteiger partial charge in [-0.25, -0.2) is 0 Å². The van der Waals surface area contributed by atoms with Crippen molar-refractivity contribution in [2.24, 2.45) is 7.05 Å². The number of aryl methyl sites for hydroxylation is 1. The maximum absolute atomic E-state index is 13.1. The van der Waals surface area contributed by atoms with Gasteiger partial charge in [0.15, 0.2) is 5.16 Å². The first-order chi connectivity index (χ1) is 14.9. The summed E-state index contributed by atoms with van der Waals surface area (Å²) in [6.45, 7) is 2.04. The Labute approximate surface area is 184 Å². The van der Waals surface area contributed by atoms with Gasteiger partial charge >= 0.3 is 0 Å². The maximum atomic E-state index is 13.1. The highest BCUT2D eigenvalue weighted by atomic mass is 32.2. The molecule has 1 aliphatic heterocycles. The average Bonchev–Trinajstić information content (AvgIpc) is 2.74. The third-order valence-corrected chi connectivity index (χ3v) is 6.44. The second-order valence-corrected chi connectivity index (χ2v) is 8.47. The van der Waals surface area contributed by atoms with E-state index in [1.807, 2.05) is 25.1 Å². The van der Waals surface area contributed by atoms with Crippen LogP contribution < -0.4 is 15.6 Å². The smallest absolute Gasteiger partial charge is 0.279 e. The largest absolute Gasteiger partial charge is 0.508 e. The summed E-state index contributed by atoms with van der Waals surface area (Å²) in [5.74, 6) is 0.873. The lowest BCUT2D eigenvalue weighted by Gasteiger charge is -2.28. The monoisotopic (exact) mass is 437 g/mol. The lowest BCUT2D eigenvalue weighted by molar-refractivity contribution is -0.116. The van der Waals surface area contributed by atoms with E-state index >= 15 is 0 Å². The third-order valence-electron chi connectivity index (χ3n) is 5.34. The van der Waals surface area contributed by atoms with Gasteiger partial charge in [-0.15, -0.1) is 0 Å². The van der Waals surface area contributed by atoms with Crippen LogP contribution in [0.5, 0.6) is 11.5 Å². The first kappa shape index (κ1) is 21.0. The summed E-state index contributed by atoms with van der Waals surface area (Å²) in [4.78, 5) is 29.9. The average molecular weight is 438 g/mol. The van der Waals surface area contributed by atoms with Gasteiger partial charge in [0.2, 0.25) is 5.91 Å². The number of ether oxygens (including phenoxy) is 1.